The number of nitrogens with one attached hydrogen (secondary N) is 1. The Kier molecular flexibility index (Phi) is 5.20. The van der Waals surface area contributed by atoms with Crippen LogP contribution in [0.4, 0.5) is 5.69 Å². The molecule has 1 fully saturated rings. The van der Waals surface area contributed by atoms with Crippen molar-refractivity contribution in [2.24, 2.45) is 0 Å². The number of para-hydroxylation sites is 1. The molecule has 162 valence electrons. The number of hydrogen-bond donors (Lipinski definition) is 1. The summed E-state index contributed by atoms with van der Waals surface area (Å²) < 4.78 is 6.50. The number of piperidine rings is 1. The molecule has 5 rings (SSSR count). The van der Waals surface area contributed by atoms with Gasteiger partial charge in [-0.1, -0.05) is 24.3 Å². The summed E-state index contributed by atoms with van der Waals surface area (Å²) in [4.78, 5) is 26.6. The number of likely N-dealkylation sites (tertiary alicyclic amines) is 1. The van der Waals surface area contributed by atoms with Crippen LogP contribution < -0.4 is 10.1 Å². The van der Waals surface area contributed by atoms with Gasteiger partial charge in [0.1, 0.15) is 11.4 Å². The minimum Gasteiger partial charge on any atom is -0.487 e. The fourth-order valence-electron chi connectivity index (χ4n) is 5.55. The smallest absolute Gasteiger partial charge is 0.224 e. The maximum atomic E-state index is 13.0. The number of ether oxygens (including phenoxy) is 1. The molecule has 2 aromatic rings. The topological polar surface area (TPSA) is 58.6 Å². The normalized spacial score (nSPS) is 21.2. The predicted molar refractivity (Wildman–Crippen MR) is 120 cm³/mol. The molecule has 1 N–H and O–H groups in total. The molecule has 1 unspecified atom stereocenters. The van der Waals surface area contributed by atoms with Crippen LogP contribution in [0.5, 0.6) is 5.75 Å². The van der Waals surface area contributed by atoms with Crippen LogP contribution in [0.3, 0.4) is 0 Å². The Morgan fingerprint density at radius 3 is 2.68 bits per heavy atom. The number of benzene rings is 2. The Hall–Kier alpha value is -2.82. The number of carbonyl (C=O) groups is 2. The summed E-state index contributed by atoms with van der Waals surface area (Å²) in [6.07, 6.45) is 6.32. The fraction of sp³-hybridized carbons (Fsp3) is 0.462. The molecule has 0 radical (unpaired) electrons. The van der Waals surface area contributed by atoms with Crippen molar-refractivity contribution < 1.29 is 14.3 Å². The van der Waals surface area contributed by atoms with Crippen molar-refractivity contribution in [1.82, 2.24) is 4.90 Å². The molecule has 2 amide bonds. The number of rotatable bonds is 3. The van der Waals surface area contributed by atoms with Gasteiger partial charge in [0.05, 0.1) is 0 Å². The van der Waals surface area contributed by atoms with E-state index in [2.05, 4.69) is 23.5 Å². The van der Waals surface area contributed by atoms with Crippen LogP contribution in [-0.4, -0.2) is 35.4 Å². The first-order valence-corrected chi connectivity index (χ1v) is 11.5. The fourth-order valence-corrected chi connectivity index (χ4v) is 5.55. The largest absolute Gasteiger partial charge is 0.487 e. The molecule has 0 aromatic heterocycles. The highest BCUT2D eigenvalue weighted by Gasteiger charge is 2.44. The highest BCUT2D eigenvalue weighted by molar-refractivity contribution is 5.91. The molecule has 2 heterocycles. The SMILES string of the molecule is CC(=O)N1CCC2(CC1)CC(CC(=O)Nc1ccc3c(c1)CCC3)c1ccccc1O2. The van der Waals surface area contributed by atoms with Gasteiger partial charge in [-0.05, 0) is 60.6 Å². The first-order valence-electron chi connectivity index (χ1n) is 11.5. The molecule has 1 aliphatic carbocycles. The van der Waals surface area contributed by atoms with Crippen molar-refractivity contribution in [3.63, 3.8) is 0 Å². The average Bonchev–Trinajstić information content (AvgIpc) is 3.22. The average molecular weight is 419 g/mol. The second-order valence-corrected chi connectivity index (χ2v) is 9.32. The van der Waals surface area contributed by atoms with E-state index in [0.29, 0.717) is 19.5 Å². The van der Waals surface area contributed by atoms with Gasteiger partial charge in [0.25, 0.3) is 0 Å². The van der Waals surface area contributed by atoms with E-state index in [1.807, 2.05) is 29.2 Å². The van der Waals surface area contributed by atoms with Crippen molar-refractivity contribution in [2.45, 2.75) is 63.4 Å². The van der Waals surface area contributed by atoms with Crippen molar-refractivity contribution in [2.75, 3.05) is 18.4 Å². The zero-order valence-electron chi connectivity index (χ0n) is 18.2. The summed E-state index contributed by atoms with van der Waals surface area (Å²) in [7, 11) is 0. The maximum absolute atomic E-state index is 13.0. The second-order valence-electron chi connectivity index (χ2n) is 9.32. The lowest BCUT2D eigenvalue weighted by molar-refractivity contribution is -0.132. The Morgan fingerprint density at radius 2 is 1.87 bits per heavy atom. The Labute approximate surface area is 183 Å². The van der Waals surface area contributed by atoms with E-state index in [9.17, 15) is 9.59 Å². The number of carbonyl (C=O) groups excluding carboxylic acids is 2. The van der Waals surface area contributed by atoms with E-state index in [4.69, 9.17) is 4.74 Å². The molecule has 0 saturated carbocycles. The third kappa shape index (κ3) is 4.06. The monoisotopic (exact) mass is 418 g/mol. The predicted octanol–water partition coefficient (Wildman–Crippen LogP) is 4.45. The first-order chi connectivity index (χ1) is 15.0. The Balaban J connectivity index is 1.31. The lowest BCUT2D eigenvalue weighted by atomic mass is 9.76. The van der Waals surface area contributed by atoms with Crippen LogP contribution in [0.15, 0.2) is 42.5 Å². The molecule has 2 aliphatic heterocycles. The number of aryl methyl sites for hydroxylation is 2. The summed E-state index contributed by atoms with van der Waals surface area (Å²) >= 11 is 0. The molecule has 0 bridgehead atoms. The van der Waals surface area contributed by atoms with E-state index < -0.39 is 0 Å². The summed E-state index contributed by atoms with van der Waals surface area (Å²) in [6.45, 7) is 3.05. The minimum atomic E-state index is -0.293. The molecule has 5 nitrogen and oxygen atoms in total. The van der Waals surface area contributed by atoms with Gasteiger partial charge in [0.15, 0.2) is 0 Å². The lowest BCUT2D eigenvalue weighted by Crippen LogP contribution is -2.51. The van der Waals surface area contributed by atoms with Crippen LogP contribution in [0.1, 0.15) is 61.6 Å². The van der Waals surface area contributed by atoms with Crippen molar-refractivity contribution in [1.29, 1.82) is 0 Å². The van der Waals surface area contributed by atoms with Crippen molar-refractivity contribution in [3.05, 3.63) is 59.2 Å². The van der Waals surface area contributed by atoms with Crippen molar-refractivity contribution >= 4 is 17.5 Å². The molecule has 1 saturated heterocycles. The summed E-state index contributed by atoms with van der Waals surface area (Å²) in [5.74, 6) is 1.18. The third-order valence-electron chi connectivity index (χ3n) is 7.24. The van der Waals surface area contributed by atoms with Gasteiger partial charge in [0.2, 0.25) is 11.8 Å². The maximum Gasteiger partial charge on any atom is 0.224 e. The number of hydrogen-bond acceptors (Lipinski definition) is 3. The van der Waals surface area contributed by atoms with Gasteiger partial charge in [-0.15, -0.1) is 0 Å². The summed E-state index contributed by atoms with van der Waals surface area (Å²) in [5, 5.41) is 3.13. The highest BCUT2D eigenvalue weighted by atomic mass is 16.5. The van der Waals surface area contributed by atoms with Gasteiger partial charge < -0.3 is 15.0 Å². The number of anilines is 1. The van der Waals surface area contributed by atoms with E-state index in [1.54, 1.807) is 6.92 Å². The molecule has 31 heavy (non-hydrogen) atoms. The van der Waals surface area contributed by atoms with Gasteiger partial charge >= 0.3 is 0 Å². The van der Waals surface area contributed by atoms with Crippen molar-refractivity contribution in [3.8, 4) is 5.75 Å². The molecule has 5 heteroatoms. The molecular formula is C26H30N2O3. The molecule has 2 aromatic carbocycles. The first kappa shape index (κ1) is 20.1. The number of amides is 2. The van der Waals surface area contributed by atoms with Gasteiger partial charge in [-0.2, -0.15) is 0 Å². The standard InChI is InChI=1S/C26H30N2O3/c1-18(29)28-13-11-26(12-14-28)17-21(23-7-2-3-8-24(23)31-26)16-25(30)27-22-10-9-19-5-4-6-20(19)15-22/h2-3,7-10,15,21H,4-6,11-14,16-17H2,1H3,(H,27,30). The van der Waals surface area contributed by atoms with Crippen LogP contribution in [-0.2, 0) is 22.4 Å². The number of fused-ring (bicyclic) bond motifs is 2. The second kappa shape index (κ2) is 8.03. The van der Waals surface area contributed by atoms with Crippen LogP contribution in [0.2, 0.25) is 0 Å². The zero-order valence-corrected chi connectivity index (χ0v) is 18.2. The zero-order chi connectivity index (χ0) is 21.4. The van der Waals surface area contributed by atoms with Gasteiger partial charge in [-0.25, -0.2) is 0 Å². The van der Waals surface area contributed by atoms with E-state index in [1.165, 1.54) is 17.5 Å². The highest BCUT2D eigenvalue weighted by Crippen LogP contribution is 2.46. The Morgan fingerprint density at radius 1 is 1.10 bits per heavy atom. The van der Waals surface area contributed by atoms with Gasteiger partial charge in [0, 0.05) is 50.9 Å². The van der Waals surface area contributed by atoms with Crippen LogP contribution in [0, 0.1) is 0 Å². The summed E-state index contributed by atoms with van der Waals surface area (Å²) in [6, 6.07) is 14.4. The van der Waals surface area contributed by atoms with E-state index in [0.717, 1.165) is 49.1 Å². The van der Waals surface area contributed by atoms with Crippen LogP contribution >= 0.6 is 0 Å². The molecular weight excluding hydrogens is 388 g/mol. The Bertz CT molecular complexity index is 1010. The molecule has 1 atom stereocenters. The molecule has 3 aliphatic rings. The quantitative estimate of drug-likeness (QED) is 0.801. The van der Waals surface area contributed by atoms with Crippen LogP contribution in [0.25, 0.3) is 0 Å². The lowest BCUT2D eigenvalue weighted by Gasteiger charge is -2.46. The number of nitrogens with zero attached hydrogens (tertiary/aromatic N) is 1. The molecule has 1 spiro atoms. The van der Waals surface area contributed by atoms with E-state index >= 15 is 0 Å². The van der Waals surface area contributed by atoms with Gasteiger partial charge in [-0.3, -0.25) is 9.59 Å². The minimum absolute atomic E-state index is 0.0518. The van der Waals surface area contributed by atoms with E-state index in [-0.39, 0.29) is 23.3 Å². The summed E-state index contributed by atoms with van der Waals surface area (Å²) in [5.41, 5.74) is 4.50. The third-order valence-corrected chi connectivity index (χ3v) is 7.24.